The smallest absolute Gasteiger partial charge is 0.158 e. The molecule has 0 aromatic rings. The Labute approximate surface area is 117 Å². The van der Waals surface area contributed by atoms with Gasteiger partial charge >= 0.3 is 0 Å². The highest BCUT2D eigenvalue weighted by molar-refractivity contribution is 4.91. The summed E-state index contributed by atoms with van der Waals surface area (Å²) in [6.07, 6.45) is 3.19. The molecule has 0 spiro atoms. The summed E-state index contributed by atoms with van der Waals surface area (Å²) in [4.78, 5) is 2.43. The maximum Gasteiger partial charge on any atom is 0.158 e. The predicted molar refractivity (Wildman–Crippen MR) is 76.1 cm³/mol. The minimum absolute atomic E-state index is 0.105. The summed E-state index contributed by atoms with van der Waals surface area (Å²) in [5.41, 5.74) is 5.92. The van der Waals surface area contributed by atoms with Gasteiger partial charge in [0.1, 0.15) is 0 Å². The van der Waals surface area contributed by atoms with E-state index in [4.69, 9.17) is 19.9 Å². The Morgan fingerprint density at radius 2 is 2.05 bits per heavy atom. The van der Waals surface area contributed by atoms with Crippen molar-refractivity contribution >= 4 is 0 Å². The van der Waals surface area contributed by atoms with Gasteiger partial charge in [-0.15, -0.1) is 0 Å². The zero-order valence-corrected chi connectivity index (χ0v) is 12.9. The maximum atomic E-state index is 6.02. The molecule has 5 nitrogen and oxygen atoms in total. The van der Waals surface area contributed by atoms with E-state index >= 15 is 0 Å². The SMILES string of the molecule is CCOC1CCCN(C(C)(CN)CC(OC)OC)C1. The molecule has 0 amide bonds. The van der Waals surface area contributed by atoms with Crippen LogP contribution in [0.2, 0.25) is 0 Å². The predicted octanol–water partition coefficient (Wildman–Crippen LogP) is 1.21. The minimum atomic E-state index is -0.207. The van der Waals surface area contributed by atoms with Gasteiger partial charge in [0, 0.05) is 45.9 Å². The van der Waals surface area contributed by atoms with E-state index < -0.39 is 0 Å². The van der Waals surface area contributed by atoms with Crippen LogP contribution in [-0.2, 0) is 14.2 Å². The van der Waals surface area contributed by atoms with E-state index in [0.29, 0.717) is 12.6 Å². The van der Waals surface area contributed by atoms with Gasteiger partial charge in [0.25, 0.3) is 0 Å². The van der Waals surface area contributed by atoms with Crippen molar-refractivity contribution in [2.75, 3.05) is 40.5 Å². The van der Waals surface area contributed by atoms with Crippen LogP contribution in [0.25, 0.3) is 0 Å². The van der Waals surface area contributed by atoms with Gasteiger partial charge in [0.15, 0.2) is 6.29 Å². The number of hydrogen-bond donors (Lipinski definition) is 1. The van der Waals surface area contributed by atoms with Crippen molar-refractivity contribution in [3.05, 3.63) is 0 Å². The van der Waals surface area contributed by atoms with Gasteiger partial charge in [-0.05, 0) is 33.2 Å². The number of hydrogen-bond acceptors (Lipinski definition) is 5. The van der Waals surface area contributed by atoms with Crippen molar-refractivity contribution in [2.24, 2.45) is 5.73 Å². The van der Waals surface area contributed by atoms with E-state index in [-0.39, 0.29) is 11.8 Å². The molecule has 114 valence electrons. The summed E-state index contributed by atoms with van der Waals surface area (Å²) in [7, 11) is 3.34. The number of rotatable bonds is 8. The van der Waals surface area contributed by atoms with Gasteiger partial charge in [0.2, 0.25) is 0 Å². The molecule has 2 unspecified atom stereocenters. The summed E-state index contributed by atoms with van der Waals surface area (Å²) in [6.45, 7) is 7.62. The van der Waals surface area contributed by atoms with Crippen LogP contribution in [0, 0.1) is 0 Å². The second-order valence-electron chi connectivity index (χ2n) is 5.47. The fourth-order valence-electron chi connectivity index (χ4n) is 2.76. The van der Waals surface area contributed by atoms with Crippen LogP contribution in [0.5, 0.6) is 0 Å². The maximum absolute atomic E-state index is 6.02. The lowest BCUT2D eigenvalue weighted by Gasteiger charge is -2.46. The first-order valence-corrected chi connectivity index (χ1v) is 7.22. The number of nitrogens with two attached hydrogens (primary N) is 1. The van der Waals surface area contributed by atoms with Crippen molar-refractivity contribution in [1.29, 1.82) is 0 Å². The van der Waals surface area contributed by atoms with Crippen LogP contribution in [-0.4, -0.2) is 63.3 Å². The Bertz CT molecular complexity index is 247. The van der Waals surface area contributed by atoms with Gasteiger partial charge in [-0.3, -0.25) is 4.90 Å². The second kappa shape index (κ2) is 8.17. The van der Waals surface area contributed by atoms with E-state index in [1.165, 1.54) is 0 Å². The molecule has 0 bridgehead atoms. The molecule has 1 aliphatic heterocycles. The van der Waals surface area contributed by atoms with Crippen molar-refractivity contribution in [1.82, 2.24) is 4.90 Å². The number of likely N-dealkylation sites (tertiary alicyclic amines) is 1. The van der Waals surface area contributed by atoms with Crippen molar-refractivity contribution in [3.8, 4) is 0 Å². The molecule has 1 saturated heterocycles. The van der Waals surface area contributed by atoms with Crippen molar-refractivity contribution < 1.29 is 14.2 Å². The van der Waals surface area contributed by atoms with Gasteiger partial charge < -0.3 is 19.9 Å². The molecule has 2 atom stereocenters. The summed E-state index contributed by atoms with van der Waals surface area (Å²) >= 11 is 0. The standard InChI is InChI=1S/C14H30N2O3/c1-5-19-12-7-6-8-16(10-12)14(2,11-15)9-13(17-3)18-4/h12-13H,5-11,15H2,1-4H3. The van der Waals surface area contributed by atoms with Crippen LogP contribution < -0.4 is 5.73 Å². The molecule has 5 heteroatoms. The molecule has 0 saturated carbocycles. The highest BCUT2D eigenvalue weighted by Gasteiger charge is 2.36. The van der Waals surface area contributed by atoms with E-state index in [0.717, 1.165) is 39.0 Å². The fourth-order valence-corrected chi connectivity index (χ4v) is 2.76. The Hall–Kier alpha value is -0.200. The fraction of sp³-hybridized carbons (Fsp3) is 1.00. The third kappa shape index (κ3) is 4.68. The summed E-state index contributed by atoms with van der Waals surface area (Å²) < 4.78 is 16.4. The lowest BCUT2D eigenvalue weighted by molar-refractivity contribution is -0.134. The van der Waals surface area contributed by atoms with Gasteiger partial charge in [0.05, 0.1) is 6.10 Å². The zero-order valence-electron chi connectivity index (χ0n) is 12.9. The molecule has 1 rings (SSSR count). The molecule has 1 fully saturated rings. The van der Waals surface area contributed by atoms with Crippen LogP contribution in [0.15, 0.2) is 0 Å². The van der Waals surface area contributed by atoms with Gasteiger partial charge in [-0.1, -0.05) is 0 Å². The lowest BCUT2D eigenvalue weighted by atomic mass is 9.91. The zero-order chi connectivity index (χ0) is 14.3. The summed E-state index contributed by atoms with van der Waals surface area (Å²) in [5, 5.41) is 0. The molecule has 0 aromatic heterocycles. The summed E-state index contributed by atoms with van der Waals surface area (Å²) in [6, 6.07) is 0. The molecule has 1 heterocycles. The van der Waals surface area contributed by atoms with E-state index in [9.17, 15) is 0 Å². The van der Waals surface area contributed by atoms with Crippen molar-refractivity contribution in [2.45, 2.75) is 51.0 Å². The van der Waals surface area contributed by atoms with Gasteiger partial charge in [-0.25, -0.2) is 0 Å². The minimum Gasteiger partial charge on any atom is -0.377 e. The number of ether oxygens (including phenoxy) is 3. The number of methoxy groups -OCH3 is 2. The monoisotopic (exact) mass is 274 g/mol. The number of nitrogens with zero attached hydrogens (tertiary/aromatic N) is 1. The third-order valence-electron chi connectivity index (χ3n) is 4.12. The van der Waals surface area contributed by atoms with E-state index in [1.807, 2.05) is 6.92 Å². The van der Waals surface area contributed by atoms with Crippen molar-refractivity contribution in [3.63, 3.8) is 0 Å². The Kier molecular flexibility index (Phi) is 7.25. The second-order valence-corrected chi connectivity index (χ2v) is 5.47. The molecular formula is C14H30N2O3. The average Bonchev–Trinajstić information content (AvgIpc) is 2.45. The molecule has 2 N–H and O–H groups in total. The molecular weight excluding hydrogens is 244 g/mol. The molecule has 1 aliphatic rings. The van der Waals surface area contributed by atoms with E-state index in [2.05, 4.69) is 11.8 Å². The normalized spacial score (nSPS) is 24.6. The number of piperidine rings is 1. The average molecular weight is 274 g/mol. The largest absolute Gasteiger partial charge is 0.377 e. The van der Waals surface area contributed by atoms with Crippen LogP contribution in [0.4, 0.5) is 0 Å². The molecule has 0 radical (unpaired) electrons. The topological polar surface area (TPSA) is 57.0 Å². The quantitative estimate of drug-likeness (QED) is 0.674. The Morgan fingerprint density at radius 1 is 1.37 bits per heavy atom. The first-order valence-electron chi connectivity index (χ1n) is 7.22. The Morgan fingerprint density at radius 3 is 2.58 bits per heavy atom. The molecule has 0 aliphatic carbocycles. The highest BCUT2D eigenvalue weighted by Crippen LogP contribution is 2.26. The van der Waals surface area contributed by atoms with Gasteiger partial charge in [-0.2, -0.15) is 0 Å². The van der Waals surface area contributed by atoms with Crippen LogP contribution >= 0.6 is 0 Å². The van der Waals surface area contributed by atoms with E-state index in [1.54, 1.807) is 14.2 Å². The summed E-state index contributed by atoms with van der Waals surface area (Å²) in [5.74, 6) is 0. The third-order valence-corrected chi connectivity index (χ3v) is 4.12. The highest BCUT2D eigenvalue weighted by atomic mass is 16.7. The lowest BCUT2D eigenvalue weighted by Crippen LogP contribution is -2.58. The first kappa shape index (κ1) is 16.9. The molecule has 0 aromatic carbocycles. The Balaban J connectivity index is 2.65. The first-order chi connectivity index (χ1) is 9.09. The molecule has 19 heavy (non-hydrogen) atoms. The van der Waals surface area contributed by atoms with Crippen LogP contribution in [0.1, 0.15) is 33.1 Å². The van der Waals surface area contributed by atoms with Crippen LogP contribution in [0.3, 0.4) is 0 Å².